The van der Waals surface area contributed by atoms with Gasteiger partial charge < -0.3 is 0 Å². The Hall–Kier alpha value is -0.785. The minimum Gasteiger partial charge on any atom is -0.261 e. The molecule has 0 spiro atoms. The van der Waals surface area contributed by atoms with E-state index in [0.717, 1.165) is 5.69 Å². The highest BCUT2D eigenvalue weighted by Crippen LogP contribution is 2.08. The lowest BCUT2D eigenvalue weighted by atomic mass is 10.1. The molecule has 1 aromatic rings. The van der Waals surface area contributed by atoms with Gasteiger partial charge in [0, 0.05) is 11.9 Å². The maximum absolute atomic E-state index is 4.18. The van der Waals surface area contributed by atoms with E-state index in [2.05, 4.69) is 18.8 Å². The number of nitrogens with zero attached hydrogens (tertiary/aromatic N) is 1. The standard InChI is InChI=1S/C8H11N.BH3/c1-7(2)8-5-3-4-6-9-8;/h3-7H,1-2H3;1H3. The third-order valence-electron chi connectivity index (χ3n) is 1.28. The zero-order valence-corrected chi connectivity index (χ0v) is 5.83. The normalized spacial score (nSPS) is 9.10. The first kappa shape index (κ1) is 9.21. The summed E-state index contributed by atoms with van der Waals surface area (Å²) in [6.07, 6.45) is 1.83. The minimum atomic E-state index is 0. The van der Waals surface area contributed by atoms with Crippen molar-refractivity contribution >= 4 is 8.41 Å². The largest absolute Gasteiger partial charge is 0.261 e. The Kier molecular flexibility index (Phi) is 3.78. The van der Waals surface area contributed by atoms with E-state index in [9.17, 15) is 0 Å². The van der Waals surface area contributed by atoms with Gasteiger partial charge in [-0.15, -0.1) is 0 Å². The summed E-state index contributed by atoms with van der Waals surface area (Å²) in [5.74, 6) is 0.547. The molecule has 0 aliphatic heterocycles. The van der Waals surface area contributed by atoms with E-state index in [1.165, 1.54) is 0 Å². The predicted octanol–water partition coefficient (Wildman–Crippen LogP) is 1.02. The van der Waals surface area contributed by atoms with Crippen molar-refractivity contribution in [1.82, 2.24) is 4.98 Å². The smallest absolute Gasteiger partial charge is 0.0814 e. The molecule has 0 N–H and O–H groups in total. The molecule has 0 bridgehead atoms. The molecular formula is C8H14BN. The fourth-order valence-corrected chi connectivity index (χ4v) is 0.717. The summed E-state index contributed by atoms with van der Waals surface area (Å²) in [5, 5.41) is 0. The third-order valence-corrected chi connectivity index (χ3v) is 1.28. The predicted molar refractivity (Wildman–Crippen MR) is 48.3 cm³/mol. The first-order chi connectivity index (χ1) is 4.30. The molecule has 0 radical (unpaired) electrons. The first-order valence-corrected chi connectivity index (χ1v) is 3.21. The maximum atomic E-state index is 4.18. The Balaban J connectivity index is 0.000000810. The van der Waals surface area contributed by atoms with Crippen LogP contribution in [0.5, 0.6) is 0 Å². The van der Waals surface area contributed by atoms with Gasteiger partial charge in [-0.2, -0.15) is 0 Å². The molecule has 0 aromatic carbocycles. The van der Waals surface area contributed by atoms with E-state index in [0.29, 0.717) is 5.92 Å². The van der Waals surface area contributed by atoms with Crippen molar-refractivity contribution in [3.05, 3.63) is 30.1 Å². The van der Waals surface area contributed by atoms with Gasteiger partial charge in [0.15, 0.2) is 0 Å². The van der Waals surface area contributed by atoms with Crippen LogP contribution >= 0.6 is 0 Å². The summed E-state index contributed by atoms with van der Waals surface area (Å²) in [5.41, 5.74) is 1.16. The highest BCUT2D eigenvalue weighted by atomic mass is 14.7. The van der Waals surface area contributed by atoms with Crippen LogP contribution in [0.2, 0.25) is 0 Å². The molecule has 0 aliphatic carbocycles. The topological polar surface area (TPSA) is 12.9 Å². The molecule has 54 valence electrons. The van der Waals surface area contributed by atoms with Gasteiger partial charge in [-0.3, -0.25) is 4.98 Å². The number of hydrogen-bond acceptors (Lipinski definition) is 1. The van der Waals surface area contributed by atoms with Crippen molar-refractivity contribution in [1.29, 1.82) is 0 Å². The second kappa shape index (κ2) is 4.10. The van der Waals surface area contributed by atoms with E-state index in [-0.39, 0.29) is 8.41 Å². The van der Waals surface area contributed by atoms with Crippen molar-refractivity contribution in [2.75, 3.05) is 0 Å². The van der Waals surface area contributed by atoms with Crippen molar-refractivity contribution < 1.29 is 0 Å². The Labute approximate surface area is 64.1 Å². The Bertz CT molecular complexity index is 172. The fourth-order valence-electron chi connectivity index (χ4n) is 0.717. The molecule has 0 fully saturated rings. The average molecular weight is 135 g/mol. The summed E-state index contributed by atoms with van der Waals surface area (Å²) >= 11 is 0. The van der Waals surface area contributed by atoms with Crippen LogP contribution in [0.25, 0.3) is 0 Å². The summed E-state index contributed by atoms with van der Waals surface area (Å²) in [6, 6.07) is 6.00. The maximum Gasteiger partial charge on any atom is 0.0814 e. The summed E-state index contributed by atoms with van der Waals surface area (Å²) in [7, 11) is 0. The lowest BCUT2D eigenvalue weighted by Gasteiger charge is -2.00. The molecule has 0 saturated carbocycles. The van der Waals surface area contributed by atoms with E-state index >= 15 is 0 Å². The van der Waals surface area contributed by atoms with E-state index in [4.69, 9.17) is 0 Å². The zero-order chi connectivity index (χ0) is 6.69. The Morgan fingerprint density at radius 2 is 2.00 bits per heavy atom. The lowest BCUT2D eigenvalue weighted by molar-refractivity contribution is 0.823. The molecule has 1 nitrogen and oxygen atoms in total. The van der Waals surface area contributed by atoms with Crippen LogP contribution in [-0.2, 0) is 0 Å². The van der Waals surface area contributed by atoms with Crippen molar-refractivity contribution in [3.8, 4) is 0 Å². The van der Waals surface area contributed by atoms with Gasteiger partial charge in [0.05, 0.1) is 8.41 Å². The average Bonchev–Trinajstić information content (AvgIpc) is 1.90. The Morgan fingerprint density at radius 3 is 2.30 bits per heavy atom. The molecule has 1 aromatic heterocycles. The fraction of sp³-hybridized carbons (Fsp3) is 0.375. The number of hydrogen-bond donors (Lipinski definition) is 0. The highest BCUT2D eigenvalue weighted by Gasteiger charge is 1.95. The van der Waals surface area contributed by atoms with Crippen LogP contribution in [0.4, 0.5) is 0 Å². The summed E-state index contributed by atoms with van der Waals surface area (Å²) < 4.78 is 0. The van der Waals surface area contributed by atoms with Crippen LogP contribution in [0.15, 0.2) is 24.4 Å². The molecule has 10 heavy (non-hydrogen) atoms. The van der Waals surface area contributed by atoms with E-state index < -0.39 is 0 Å². The second-order valence-corrected chi connectivity index (χ2v) is 2.41. The van der Waals surface area contributed by atoms with Gasteiger partial charge in [-0.25, -0.2) is 0 Å². The first-order valence-electron chi connectivity index (χ1n) is 3.21. The second-order valence-electron chi connectivity index (χ2n) is 2.41. The summed E-state index contributed by atoms with van der Waals surface area (Å²) in [4.78, 5) is 4.18. The van der Waals surface area contributed by atoms with Crippen LogP contribution in [0, 0.1) is 0 Å². The van der Waals surface area contributed by atoms with Crippen LogP contribution in [0.1, 0.15) is 25.5 Å². The molecule has 0 amide bonds. The molecule has 0 unspecified atom stereocenters. The van der Waals surface area contributed by atoms with Crippen molar-refractivity contribution in [3.63, 3.8) is 0 Å². The highest BCUT2D eigenvalue weighted by molar-refractivity contribution is 5.75. The van der Waals surface area contributed by atoms with Crippen molar-refractivity contribution in [2.45, 2.75) is 19.8 Å². The van der Waals surface area contributed by atoms with Gasteiger partial charge in [-0.1, -0.05) is 19.9 Å². The zero-order valence-electron chi connectivity index (χ0n) is 5.83. The molecule has 2 heteroatoms. The van der Waals surface area contributed by atoms with Crippen LogP contribution in [0.3, 0.4) is 0 Å². The molecular weight excluding hydrogens is 121 g/mol. The van der Waals surface area contributed by atoms with Gasteiger partial charge >= 0.3 is 0 Å². The van der Waals surface area contributed by atoms with E-state index in [1.807, 2.05) is 24.4 Å². The lowest BCUT2D eigenvalue weighted by Crippen LogP contribution is -1.88. The quantitative estimate of drug-likeness (QED) is 0.524. The molecule has 1 rings (SSSR count). The Morgan fingerprint density at radius 1 is 1.30 bits per heavy atom. The van der Waals surface area contributed by atoms with Crippen LogP contribution < -0.4 is 0 Å². The van der Waals surface area contributed by atoms with E-state index in [1.54, 1.807) is 0 Å². The molecule has 1 heterocycles. The SMILES string of the molecule is B.CC(C)c1ccccn1. The van der Waals surface area contributed by atoms with Gasteiger partial charge in [0.1, 0.15) is 0 Å². The minimum absolute atomic E-state index is 0. The third kappa shape index (κ3) is 2.22. The van der Waals surface area contributed by atoms with Gasteiger partial charge in [-0.05, 0) is 18.1 Å². The van der Waals surface area contributed by atoms with Crippen LogP contribution in [-0.4, -0.2) is 13.4 Å². The number of rotatable bonds is 1. The molecule has 0 atom stereocenters. The number of pyridine rings is 1. The number of aromatic nitrogens is 1. The van der Waals surface area contributed by atoms with Gasteiger partial charge in [0.2, 0.25) is 0 Å². The molecule has 0 saturated heterocycles. The molecule has 0 aliphatic rings. The monoisotopic (exact) mass is 135 g/mol. The van der Waals surface area contributed by atoms with Gasteiger partial charge in [0.25, 0.3) is 0 Å². The van der Waals surface area contributed by atoms with Crippen molar-refractivity contribution in [2.24, 2.45) is 0 Å². The summed E-state index contributed by atoms with van der Waals surface area (Å²) in [6.45, 7) is 4.28.